The highest BCUT2D eigenvalue weighted by molar-refractivity contribution is 5.34. The molecule has 162 valence electrons. The highest BCUT2D eigenvalue weighted by atomic mass is 16.5. The van der Waals surface area contributed by atoms with Crippen molar-refractivity contribution in [1.82, 2.24) is 14.9 Å². The van der Waals surface area contributed by atoms with Gasteiger partial charge in [-0.3, -0.25) is 4.90 Å². The molecule has 3 atom stereocenters. The van der Waals surface area contributed by atoms with Crippen molar-refractivity contribution in [2.24, 2.45) is 11.8 Å². The molecule has 4 rings (SSSR count). The first-order valence-electron chi connectivity index (χ1n) is 10.8. The van der Waals surface area contributed by atoms with Crippen LogP contribution in [0.15, 0.2) is 30.5 Å². The number of hydrogen-bond acceptors (Lipinski definition) is 7. The first kappa shape index (κ1) is 20.9. The van der Waals surface area contributed by atoms with Crippen LogP contribution in [0.2, 0.25) is 0 Å². The summed E-state index contributed by atoms with van der Waals surface area (Å²) in [6.07, 6.45) is 3.38. The molecule has 1 saturated carbocycles. The van der Waals surface area contributed by atoms with E-state index in [0.29, 0.717) is 37.0 Å². The second-order valence-electron chi connectivity index (χ2n) is 8.11. The second kappa shape index (κ2) is 8.78. The number of likely N-dealkylation sites (tertiary alicyclic amines) is 1. The molecule has 1 aromatic heterocycles. The van der Waals surface area contributed by atoms with Crippen LogP contribution in [0.3, 0.4) is 0 Å². The molecular formula is C23H31N3O4. The molecule has 1 aliphatic heterocycles. The number of aromatic nitrogens is 2. The van der Waals surface area contributed by atoms with Crippen LogP contribution in [0.1, 0.15) is 37.8 Å². The van der Waals surface area contributed by atoms with E-state index in [1.54, 1.807) is 13.3 Å². The van der Waals surface area contributed by atoms with E-state index in [4.69, 9.17) is 14.2 Å². The molecule has 2 aliphatic rings. The maximum Gasteiger partial charge on any atom is 0.319 e. The van der Waals surface area contributed by atoms with Gasteiger partial charge in [-0.2, -0.15) is 4.98 Å². The number of ether oxygens (including phenoxy) is 3. The minimum Gasteiger partial charge on any atom is -0.497 e. The molecule has 1 aromatic carbocycles. The van der Waals surface area contributed by atoms with Crippen LogP contribution >= 0.6 is 0 Å². The maximum atomic E-state index is 11.8. The SMILES string of the molecule is CCOc1ncc([C@]2(O)CC[C@H]3CN(Cc4ccc(OC)cc4)C[C@H]32)c(OCC)n1. The Morgan fingerprint density at radius 3 is 2.60 bits per heavy atom. The highest BCUT2D eigenvalue weighted by Crippen LogP contribution is 2.52. The summed E-state index contributed by atoms with van der Waals surface area (Å²) in [5.74, 6) is 1.89. The van der Waals surface area contributed by atoms with Crippen LogP contribution in [0.4, 0.5) is 0 Å². The molecule has 7 heteroatoms. The van der Waals surface area contributed by atoms with Crippen LogP contribution in [0, 0.1) is 11.8 Å². The molecule has 1 N–H and O–H groups in total. The van der Waals surface area contributed by atoms with Gasteiger partial charge in [-0.05, 0) is 50.3 Å². The average molecular weight is 414 g/mol. The zero-order chi connectivity index (χ0) is 21.1. The third-order valence-corrected chi connectivity index (χ3v) is 6.34. The number of hydrogen-bond donors (Lipinski definition) is 1. The fourth-order valence-corrected chi connectivity index (χ4v) is 4.93. The number of fused-ring (bicyclic) bond motifs is 1. The Kier molecular flexibility index (Phi) is 6.11. The van der Waals surface area contributed by atoms with Crippen molar-refractivity contribution >= 4 is 0 Å². The molecule has 1 aliphatic carbocycles. The number of benzene rings is 1. The molecule has 0 spiro atoms. The summed E-state index contributed by atoms with van der Waals surface area (Å²) < 4.78 is 16.5. The fraction of sp³-hybridized carbons (Fsp3) is 0.565. The van der Waals surface area contributed by atoms with Crippen molar-refractivity contribution in [2.45, 2.75) is 38.8 Å². The van der Waals surface area contributed by atoms with Gasteiger partial charge in [-0.1, -0.05) is 12.1 Å². The summed E-state index contributed by atoms with van der Waals surface area (Å²) >= 11 is 0. The van der Waals surface area contributed by atoms with Crippen molar-refractivity contribution in [2.75, 3.05) is 33.4 Å². The molecule has 2 fully saturated rings. The molecule has 0 radical (unpaired) electrons. The van der Waals surface area contributed by atoms with Gasteiger partial charge in [0, 0.05) is 31.7 Å². The lowest BCUT2D eigenvalue weighted by atomic mass is 9.83. The van der Waals surface area contributed by atoms with Crippen LogP contribution in [0.5, 0.6) is 17.6 Å². The Morgan fingerprint density at radius 2 is 1.90 bits per heavy atom. The summed E-state index contributed by atoms with van der Waals surface area (Å²) in [6, 6.07) is 8.48. The first-order chi connectivity index (χ1) is 14.6. The smallest absolute Gasteiger partial charge is 0.319 e. The quantitative estimate of drug-likeness (QED) is 0.713. The number of rotatable bonds is 8. The lowest BCUT2D eigenvalue weighted by Crippen LogP contribution is -2.35. The number of methoxy groups -OCH3 is 1. The largest absolute Gasteiger partial charge is 0.497 e. The van der Waals surface area contributed by atoms with Gasteiger partial charge >= 0.3 is 6.01 Å². The molecular weight excluding hydrogens is 382 g/mol. The normalized spacial score (nSPS) is 25.9. The van der Waals surface area contributed by atoms with Gasteiger partial charge in [0.1, 0.15) is 11.4 Å². The van der Waals surface area contributed by atoms with Gasteiger partial charge in [-0.25, -0.2) is 4.98 Å². The van der Waals surface area contributed by atoms with Crippen LogP contribution in [-0.4, -0.2) is 53.4 Å². The summed E-state index contributed by atoms with van der Waals surface area (Å²) in [5, 5.41) is 11.8. The van der Waals surface area contributed by atoms with E-state index in [2.05, 4.69) is 27.0 Å². The predicted molar refractivity (Wildman–Crippen MR) is 113 cm³/mol. The van der Waals surface area contributed by atoms with Gasteiger partial charge in [0.25, 0.3) is 0 Å². The predicted octanol–water partition coefficient (Wildman–Crippen LogP) is 3.01. The first-order valence-corrected chi connectivity index (χ1v) is 10.8. The molecule has 2 heterocycles. The molecule has 0 bridgehead atoms. The topological polar surface area (TPSA) is 76.9 Å². The monoisotopic (exact) mass is 413 g/mol. The van der Waals surface area contributed by atoms with Gasteiger partial charge < -0.3 is 19.3 Å². The van der Waals surface area contributed by atoms with Crippen LogP contribution in [-0.2, 0) is 12.1 Å². The van der Waals surface area contributed by atoms with Gasteiger partial charge in [-0.15, -0.1) is 0 Å². The number of nitrogens with zero attached hydrogens (tertiary/aromatic N) is 3. The van der Waals surface area contributed by atoms with E-state index >= 15 is 0 Å². The van der Waals surface area contributed by atoms with Gasteiger partial charge in [0.05, 0.1) is 25.9 Å². The fourth-order valence-electron chi connectivity index (χ4n) is 4.93. The van der Waals surface area contributed by atoms with Crippen molar-refractivity contribution < 1.29 is 19.3 Å². The Morgan fingerprint density at radius 1 is 1.13 bits per heavy atom. The summed E-state index contributed by atoms with van der Waals surface area (Å²) in [5.41, 5.74) is 0.958. The van der Waals surface area contributed by atoms with E-state index in [1.165, 1.54) is 5.56 Å². The molecule has 30 heavy (non-hydrogen) atoms. The van der Waals surface area contributed by atoms with Gasteiger partial charge in [0.15, 0.2) is 0 Å². The standard InChI is InChI=1S/C23H31N3O4/c1-4-29-21-19(12-24-22(25-21)30-5-2)23(27)11-10-17-14-26(15-20(17)23)13-16-6-8-18(28-3)9-7-16/h6-9,12,17,20,27H,4-5,10-11,13-15H2,1-3H3/t17-,20+,23+/m0/s1. The molecule has 1 saturated heterocycles. The van der Waals surface area contributed by atoms with Crippen molar-refractivity contribution in [3.8, 4) is 17.6 Å². The Labute approximate surface area is 178 Å². The van der Waals surface area contributed by atoms with E-state index in [-0.39, 0.29) is 11.9 Å². The van der Waals surface area contributed by atoms with E-state index < -0.39 is 5.60 Å². The molecule has 7 nitrogen and oxygen atoms in total. The highest BCUT2D eigenvalue weighted by Gasteiger charge is 2.53. The minimum absolute atomic E-state index is 0.136. The Balaban J connectivity index is 1.53. The zero-order valence-electron chi connectivity index (χ0n) is 18.0. The zero-order valence-corrected chi connectivity index (χ0v) is 18.0. The Hall–Kier alpha value is -2.38. The molecule has 0 amide bonds. The summed E-state index contributed by atoms with van der Waals surface area (Å²) in [7, 11) is 1.68. The van der Waals surface area contributed by atoms with E-state index in [9.17, 15) is 5.11 Å². The van der Waals surface area contributed by atoms with E-state index in [1.807, 2.05) is 26.0 Å². The lowest BCUT2D eigenvalue weighted by Gasteiger charge is -2.31. The second-order valence-corrected chi connectivity index (χ2v) is 8.11. The van der Waals surface area contributed by atoms with Crippen LogP contribution < -0.4 is 14.2 Å². The number of aliphatic hydroxyl groups is 1. The van der Waals surface area contributed by atoms with Crippen molar-refractivity contribution in [3.63, 3.8) is 0 Å². The lowest BCUT2D eigenvalue weighted by molar-refractivity contribution is -0.0101. The third-order valence-electron chi connectivity index (χ3n) is 6.34. The average Bonchev–Trinajstić information content (AvgIpc) is 3.29. The summed E-state index contributed by atoms with van der Waals surface area (Å²) in [4.78, 5) is 11.2. The van der Waals surface area contributed by atoms with Gasteiger partial charge in [0.2, 0.25) is 5.88 Å². The Bertz CT molecular complexity index is 860. The minimum atomic E-state index is -0.978. The molecule has 2 aromatic rings. The van der Waals surface area contributed by atoms with Crippen LogP contribution in [0.25, 0.3) is 0 Å². The van der Waals surface area contributed by atoms with Crippen molar-refractivity contribution in [1.29, 1.82) is 0 Å². The van der Waals surface area contributed by atoms with E-state index in [0.717, 1.165) is 31.8 Å². The molecule has 0 unspecified atom stereocenters. The van der Waals surface area contributed by atoms with Crippen molar-refractivity contribution in [3.05, 3.63) is 41.6 Å². The summed E-state index contributed by atoms with van der Waals surface area (Å²) in [6.45, 7) is 7.46. The third kappa shape index (κ3) is 3.96. The maximum absolute atomic E-state index is 11.8.